The number of ether oxygens (including phenoxy) is 2. The second-order valence-corrected chi connectivity index (χ2v) is 6.58. The maximum Gasteiger partial charge on any atom is 0.131 e. The van der Waals surface area contributed by atoms with E-state index in [0.29, 0.717) is 5.92 Å². The highest BCUT2D eigenvalue weighted by Crippen LogP contribution is 2.43. The molecule has 0 aromatic heterocycles. The van der Waals surface area contributed by atoms with Gasteiger partial charge in [-0.3, -0.25) is 0 Å². The first kappa shape index (κ1) is 16.6. The Morgan fingerprint density at radius 3 is 2.59 bits per heavy atom. The zero-order chi connectivity index (χ0) is 16.5. The molecular formula is C19H26O3. The van der Waals surface area contributed by atoms with Crippen molar-refractivity contribution in [3.8, 4) is 11.5 Å². The Morgan fingerprint density at radius 1 is 1.36 bits per heavy atom. The van der Waals surface area contributed by atoms with E-state index in [1.807, 2.05) is 13.0 Å². The quantitative estimate of drug-likeness (QED) is 0.901. The van der Waals surface area contributed by atoms with Crippen LogP contribution in [0.3, 0.4) is 0 Å². The molecule has 2 rings (SSSR count). The van der Waals surface area contributed by atoms with E-state index in [4.69, 9.17) is 14.6 Å². The van der Waals surface area contributed by atoms with Crippen LogP contribution in [0.4, 0.5) is 0 Å². The van der Waals surface area contributed by atoms with E-state index in [2.05, 4.69) is 39.8 Å². The van der Waals surface area contributed by atoms with E-state index in [0.717, 1.165) is 28.2 Å². The average Bonchev–Trinajstić information content (AvgIpc) is 2.44. The summed E-state index contributed by atoms with van der Waals surface area (Å²) in [6.07, 6.45) is 3.98. The molecule has 22 heavy (non-hydrogen) atoms. The molecule has 0 saturated carbocycles. The Labute approximate surface area is 133 Å². The Balaban J connectivity index is 2.66. The molecule has 3 nitrogen and oxygen atoms in total. The normalized spacial score (nSPS) is 16.9. The summed E-state index contributed by atoms with van der Waals surface area (Å²) in [5.74, 6) is 2.03. The molecule has 1 aliphatic heterocycles. The van der Waals surface area contributed by atoms with Gasteiger partial charge < -0.3 is 14.6 Å². The van der Waals surface area contributed by atoms with Gasteiger partial charge in [-0.25, -0.2) is 0 Å². The van der Waals surface area contributed by atoms with Gasteiger partial charge in [0.05, 0.1) is 13.7 Å². The van der Waals surface area contributed by atoms with Crippen LogP contribution in [0.2, 0.25) is 0 Å². The third-order valence-electron chi connectivity index (χ3n) is 3.93. The van der Waals surface area contributed by atoms with Gasteiger partial charge in [0, 0.05) is 17.2 Å². The van der Waals surface area contributed by atoms with Crippen LogP contribution in [0, 0.1) is 5.92 Å². The fourth-order valence-corrected chi connectivity index (χ4v) is 2.84. The minimum Gasteiger partial charge on any atom is -0.496 e. The Morgan fingerprint density at radius 2 is 2.05 bits per heavy atom. The number of hydrogen-bond donors (Lipinski definition) is 1. The Kier molecular flexibility index (Phi) is 4.66. The molecule has 0 amide bonds. The van der Waals surface area contributed by atoms with Crippen LogP contribution in [0.25, 0.3) is 11.1 Å². The smallest absolute Gasteiger partial charge is 0.131 e. The van der Waals surface area contributed by atoms with Crippen molar-refractivity contribution in [1.29, 1.82) is 0 Å². The molecule has 3 heteroatoms. The lowest BCUT2D eigenvalue weighted by molar-refractivity contribution is 0.156. The van der Waals surface area contributed by atoms with Gasteiger partial charge in [0.25, 0.3) is 0 Å². The van der Waals surface area contributed by atoms with E-state index < -0.39 is 0 Å². The maximum absolute atomic E-state index is 9.16. The van der Waals surface area contributed by atoms with Gasteiger partial charge in [-0.05, 0) is 50.0 Å². The van der Waals surface area contributed by atoms with Gasteiger partial charge in [0.2, 0.25) is 0 Å². The van der Waals surface area contributed by atoms with Crippen molar-refractivity contribution in [2.75, 3.05) is 13.7 Å². The van der Waals surface area contributed by atoms with E-state index in [9.17, 15) is 0 Å². The molecule has 0 bridgehead atoms. The summed E-state index contributed by atoms with van der Waals surface area (Å²) >= 11 is 0. The summed E-state index contributed by atoms with van der Waals surface area (Å²) in [6, 6.07) is 4.06. The fraction of sp³-hybridized carbons (Fsp3) is 0.474. The van der Waals surface area contributed by atoms with Crippen molar-refractivity contribution >= 4 is 11.1 Å². The zero-order valence-electron chi connectivity index (χ0n) is 14.4. The van der Waals surface area contributed by atoms with Crippen molar-refractivity contribution in [2.24, 2.45) is 5.92 Å². The Hall–Kier alpha value is -1.74. The third kappa shape index (κ3) is 3.20. The summed E-state index contributed by atoms with van der Waals surface area (Å²) < 4.78 is 11.6. The van der Waals surface area contributed by atoms with Crippen molar-refractivity contribution in [3.63, 3.8) is 0 Å². The van der Waals surface area contributed by atoms with Crippen LogP contribution < -0.4 is 9.47 Å². The first-order valence-electron chi connectivity index (χ1n) is 7.71. The highest BCUT2D eigenvalue weighted by Gasteiger charge is 2.29. The van der Waals surface area contributed by atoms with Gasteiger partial charge in [-0.1, -0.05) is 19.9 Å². The number of benzene rings is 1. The summed E-state index contributed by atoms with van der Waals surface area (Å²) in [7, 11) is 1.66. The van der Waals surface area contributed by atoms with E-state index >= 15 is 0 Å². The second-order valence-electron chi connectivity index (χ2n) is 6.58. The predicted octanol–water partition coefficient (Wildman–Crippen LogP) is 4.30. The molecule has 0 unspecified atom stereocenters. The average molecular weight is 302 g/mol. The molecule has 0 fully saturated rings. The van der Waals surface area contributed by atoms with Gasteiger partial charge >= 0.3 is 0 Å². The molecule has 0 radical (unpaired) electrons. The first-order chi connectivity index (χ1) is 10.3. The summed E-state index contributed by atoms with van der Waals surface area (Å²) in [6.45, 7) is 10.5. The fourth-order valence-electron chi connectivity index (χ4n) is 2.84. The van der Waals surface area contributed by atoms with Crippen LogP contribution in [0.1, 0.15) is 45.7 Å². The number of fused-ring (bicyclic) bond motifs is 1. The summed E-state index contributed by atoms with van der Waals surface area (Å²) in [4.78, 5) is 0. The van der Waals surface area contributed by atoms with Gasteiger partial charge in [-0.15, -0.1) is 0 Å². The van der Waals surface area contributed by atoms with Crippen molar-refractivity contribution in [2.45, 2.75) is 40.2 Å². The number of methoxy groups -OCH3 is 1. The van der Waals surface area contributed by atoms with Crippen molar-refractivity contribution in [1.82, 2.24) is 0 Å². The van der Waals surface area contributed by atoms with Crippen LogP contribution >= 0.6 is 0 Å². The molecule has 0 spiro atoms. The zero-order valence-corrected chi connectivity index (χ0v) is 14.4. The van der Waals surface area contributed by atoms with Gasteiger partial charge in [-0.2, -0.15) is 0 Å². The molecule has 1 heterocycles. The largest absolute Gasteiger partial charge is 0.496 e. The van der Waals surface area contributed by atoms with E-state index in [1.54, 1.807) is 13.2 Å². The highest BCUT2D eigenvalue weighted by molar-refractivity contribution is 5.80. The summed E-state index contributed by atoms with van der Waals surface area (Å²) in [5.41, 5.74) is 4.05. The molecule has 1 aromatic carbocycles. The minimum atomic E-state index is -0.324. The van der Waals surface area contributed by atoms with E-state index in [1.165, 1.54) is 5.57 Å². The lowest BCUT2D eigenvalue weighted by Crippen LogP contribution is -2.29. The second kappa shape index (κ2) is 6.17. The number of hydrogen-bond acceptors (Lipinski definition) is 3. The predicted molar refractivity (Wildman–Crippen MR) is 91.3 cm³/mol. The molecule has 0 saturated heterocycles. The lowest BCUT2D eigenvalue weighted by atomic mass is 9.86. The molecular weight excluding hydrogens is 276 g/mol. The van der Waals surface area contributed by atoms with Crippen molar-refractivity contribution in [3.05, 3.63) is 35.4 Å². The van der Waals surface area contributed by atoms with Crippen LogP contribution in [-0.4, -0.2) is 24.4 Å². The molecule has 1 aliphatic rings. The monoisotopic (exact) mass is 302 g/mol. The van der Waals surface area contributed by atoms with Gasteiger partial charge in [0.1, 0.15) is 17.1 Å². The molecule has 120 valence electrons. The molecule has 1 N–H and O–H groups in total. The van der Waals surface area contributed by atoms with Crippen LogP contribution in [0.15, 0.2) is 24.3 Å². The Bertz CT molecular complexity index is 622. The number of aliphatic hydroxyl groups is 1. The summed E-state index contributed by atoms with van der Waals surface area (Å²) in [5, 5.41) is 9.16. The number of rotatable bonds is 4. The maximum atomic E-state index is 9.16. The van der Waals surface area contributed by atoms with Crippen LogP contribution in [0.5, 0.6) is 11.5 Å². The topological polar surface area (TPSA) is 38.7 Å². The van der Waals surface area contributed by atoms with Gasteiger partial charge in [0.15, 0.2) is 0 Å². The van der Waals surface area contributed by atoms with Crippen LogP contribution in [-0.2, 0) is 0 Å². The third-order valence-corrected chi connectivity index (χ3v) is 3.93. The first-order valence-corrected chi connectivity index (χ1v) is 7.71. The van der Waals surface area contributed by atoms with Crippen molar-refractivity contribution < 1.29 is 14.6 Å². The number of allylic oxidation sites excluding steroid dienone is 2. The minimum absolute atomic E-state index is 0.0163. The SMILES string of the molecule is COc1cc2c(cc1C(C)=CCO)C(C(C)C)=CC(C)(C)O2. The standard InChI is InChI=1S/C19H26O3/c1-12(2)16-11-19(4,5)22-18-10-17(21-6)14(9-15(16)18)13(3)7-8-20/h7,9-12,20H,8H2,1-6H3. The lowest BCUT2D eigenvalue weighted by Gasteiger charge is -2.33. The highest BCUT2D eigenvalue weighted by atomic mass is 16.5. The molecule has 1 aromatic rings. The molecule has 0 aliphatic carbocycles. The van der Waals surface area contributed by atoms with E-state index in [-0.39, 0.29) is 12.2 Å². The molecule has 0 atom stereocenters. The number of aliphatic hydroxyl groups excluding tert-OH is 1.